The fourth-order valence-corrected chi connectivity index (χ4v) is 8.16. The molecule has 0 spiro atoms. The van der Waals surface area contributed by atoms with Crippen molar-refractivity contribution in [2.24, 2.45) is 17.8 Å². The molecule has 1 aliphatic heterocycles. The van der Waals surface area contributed by atoms with Gasteiger partial charge in [0.05, 0.1) is 0 Å². The molecule has 0 radical (unpaired) electrons. The first-order chi connectivity index (χ1) is 16.0. The molecule has 33 heavy (non-hydrogen) atoms. The predicted molar refractivity (Wildman–Crippen MR) is 133 cm³/mol. The van der Waals surface area contributed by atoms with Crippen molar-refractivity contribution in [2.75, 3.05) is 26.2 Å². The molecule has 3 nitrogen and oxygen atoms in total. The van der Waals surface area contributed by atoms with Gasteiger partial charge in [0.25, 0.3) is 0 Å². The first-order valence-corrected chi connectivity index (χ1v) is 13.2. The monoisotopic (exact) mass is 445 g/mol. The van der Waals surface area contributed by atoms with E-state index in [-0.39, 0.29) is 0 Å². The Balaban J connectivity index is 1.10. The molecule has 7 rings (SSSR count). The molecule has 4 bridgehead atoms. The van der Waals surface area contributed by atoms with E-state index in [0.717, 1.165) is 43.1 Å². The molecule has 176 valence electrons. The Morgan fingerprint density at radius 1 is 0.970 bits per heavy atom. The van der Waals surface area contributed by atoms with Crippen LogP contribution < -0.4 is 4.74 Å². The summed E-state index contributed by atoms with van der Waals surface area (Å²) >= 11 is 0. The number of nitrogens with zero attached hydrogens (tertiary/aromatic N) is 1. The van der Waals surface area contributed by atoms with Gasteiger partial charge in [-0.2, -0.15) is 0 Å². The van der Waals surface area contributed by atoms with E-state index in [1.165, 1.54) is 50.5 Å². The third-order valence-electron chi connectivity index (χ3n) is 9.63. The topological polar surface area (TPSA) is 32.7 Å². The number of β-amino-alcohol motifs (C(OH)–C–C–N with tert-alkyl or cyclic N) is 1. The second-order valence-corrected chi connectivity index (χ2v) is 11.9. The first-order valence-electron chi connectivity index (χ1n) is 13.2. The standard InChI is InChI=1S/C30H39NO2/c1-22-11-13-31(14-12-22)19-27(32)20-33-28-9-7-25(8-10-28)30-17-23-15-26(30)18-29(16-23,21-30)24-5-3-2-4-6-24/h2-10,22-23,26-27,32H,11-21H2,1H3/t23?,26?,27-,29?,30?/m0/s1. The minimum Gasteiger partial charge on any atom is -0.491 e. The molecule has 4 aliphatic carbocycles. The minimum atomic E-state index is -0.427. The molecule has 0 aromatic heterocycles. The molecule has 4 saturated carbocycles. The van der Waals surface area contributed by atoms with Gasteiger partial charge in [0, 0.05) is 6.54 Å². The Bertz CT molecular complexity index is 951. The van der Waals surface area contributed by atoms with Gasteiger partial charge in [-0.05, 0) is 110 Å². The van der Waals surface area contributed by atoms with Gasteiger partial charge in [-0.15, -0.1) is 0 Å². The summed E-state index contributed by atoms with van der Waals surface area (Å²) in [5, 5.41) is 10.5. The highest BCUT2D eigenvalue weighted by atomic mass is 16.5. The zero-order chi connectivity index (χ0) is 22.5. The van der Waals surface area contributed by atoms with Crippen LogP contribution in [0.1, 0.15) is 63.0 Å². The number of aliphatic hydroxyl groups is 1. The van der Waals surface area contributed by atoms with Crippen LogP contribution in [0.3, 0.4) is 0 Å². The number of piperidine rings is 1. The van der Waals surface area contributed by atoms with Crippen molar-refractivity contribution in [1.82, 2.24) is 4.90 Å². The van der Waals surface area contributed by atoms with E-state index in [0.29, 0.717) is 17.4 Å². The zero-order valence-corrected chi connectivity index (χ0v) is 20.1. The van der Waals surface area contributed by atoms with Gasteiger partial charge in [-0.1, -0.05) is 49.4 Å². The number of hydrogen-bond donors (Lipinski definition) is 1. The van der Waals surface area contributed by atoms with Crippen molar-refractivity contribution in [3.63, 3.8) is 0 Å². The van der Waals surface area contributed by atoms with E-state index < -0.39 is 6.10 Å². The summed E-state index contributed by atoms with van der Waals surface area (Å²) in [4.78, 5) is 2.38. The molecule has 4 unspecified atom stereocenters. The Morgan fingerprint density at radius 3 is 2.48 bits per heavy atom. The lowest BCUT2D eigenvalue weighted by Crippen LogP contribution is -2.40. The summed E-state index contributed by atoms with van der Waals surface area (Å²) in [6.07, 6.45) is 8.86. The van der Waals surface area contributed by atoms with Gasteiger partial charge >= 0.3 is 0 Å². The van der Waals surface area contributed by atoms with Crippen LogP contribution in [0.4, 0.5) is 0 Å². The molecule has 2 aromatic rings. The lowest BCUT2D eigenvalue weighted by molar-refractivity contribution is 0.0563. The molecular weight excluding hydrogens is 406 g/mol. The normalized spacial score (nSPS) is 34.6. The molecule has 5 atom stereocenters. The van der Waals surface area contributed by atoms with E-state index >= 15 is 0 Å². The quantitative estimate of drug-likeness (QED) is 0.606. The molecule has 1 heterocycles. The molecule has 0 amide bonds. The average Bonchev–Trinajstić information content (AvgIpc) is 3.23. The van der Waals surface area contributed by atoms with Crippen molar-refractivity contribution in [3.05, 3.63) is 65.7 Å². The highest BCUT2D eigenvalue weighted by molar-refractivity contribution is 5.42. The summed E-state index contributed by atoms with van der Waals surface area (Å²) in [7, 11) is 0. The van der Waals surface area contributed by atoms with Crippen LogP contribution in [0, 0.1) is 17.8 Å². The Labute approximate surface area is 199 Å². The van der Waals surface area contributed by atoms with E-state index in [2.05, 4.69) is 66.4 Å². The molecule has 5 fully saturated rings. The summed E-state index contributed by atoms with van der Waals surface area (Å²) in [5.74, 6) is 3.40. The van der Waals surface area contributed by atoms with Gasteiger partial charge < -0.3 is 14.7 Å². The van der Waals surface area contributed by atoms with Gasteiger partial charge in [-0.25, -0.2) is 0 Å². The smallest absolute Gasteiger partial charge is 0.119 e. The fraction of sp³-hybridized carbons (Fsp3) is 0.600. The fourth-order valence-electron chi connectivity index (χ4n) is 8.16. The molecule has 2 aromatic carbocycles. The number of rotatable bonds is 7. The second-order valence-electron chi connectivity index (χ2n) is 11.9. The van der Waals surface area contributed by atoms with Gasteiger partial charge in [0.15, 0.2) is 0 Å². The van der Waals surface area contributed by atoms with Gasteiger partial charge in [0.2, 0.25) is 0 Å². The zero-order valence-electron chi connectivity index (χ0n) is 20.1. The van der Waals surface area contributed by atoms with Crippen molar-refractivity contribution in [3.8, 4) is 5.75 Å². The van der Waals surface area contributed by atoms with Crippen molar-refractivity contribution < 1.29 is 9.84 Å². The van der Waals surface area contributed by atoms with Crippen molar-refractivity contribution >= 4 is 0 Å². The second kappa shape index (κ2) is 8.43. The number of likely N-dealkylation sites (tertiary alicyclic amines) is 1. The average molecular weight is 446 g/mol. The molecule has 1 saturated heterocycles. The lowest BCUT2D eigenvalue weighted by Gasteiger charge is -2.41. The number of benzene rings is 2. The first kappa shape index (κ1) is 21.7. The number of ether oxygens (including phenoxy) is 1. The van der Waals surface area contributed by atoms with E-state index in [1.54, 1.807) is 5.56 Å². The maximum atomic E-state index is 10.5. The van der Waals surface area contributed by atoms with Crippen LogP contribution in [-0.4, -0.2) is 42.4 Å². The summed E-state index contributed by atoms with van der Waals surface area (Å²) in [6.45, 7) is 5.62. The van der Waals surface area contributed by atoms with Crippen molar-refractivity contribution in [2.45, 2.75) is 68.8 Å². The van der Waals surface area contributed by atoms with Crippen LogP contribution >= 0.6 is 0 Å². The van der Waals surface area contributed by atoms with E-state index in [9.17, 15) is 5.11 Å². The van der Waals surface area contributed by atoms with Crippen LogP contribution in [0.15, 0.2) is 54.6 Å². The predicted octanol–water partition coefficient (Wildman–Crippen LogP) is 5.56. The van der Waals surface area contributed by atoms with Crippen LogP contribution in [0.2, 0.25) is 0 Å². The lowest BCUT2D eigenvalue weighted by atomic mass is 9.62. The number of hydrogen-bond acceptors (Lipinski definition) is 3. The Hall–Kier alpha value is -1.84. The summed E-state index contributed by atoms with van der Waals surface area (Å²) in [6, 6.07) is 20.3. The summed E-state index contributed by atoms with van der Waals surface area (Å²) in [5.41, 5.74) is 3.82. The Morgan fingerprint density at radius 2 is 1.73 bits per heavy atom. The molecule has 3 heteroatoms. The largest absolute Gasteiger partial charge is 0.491 e. The van der Waals surface area contributed by atoms with Crippen molar-refractivity contribution in [1.29, 1.82) is 0 Å². The van der Waals surface area contributed by atoms with E-state index in [1.807, 2.05) is 0 Å². The molecule has 5 aliphatic rings. The third-order valence-corrected chi connectivity index (χ3v) is 9.63. The minimum absolute atomic E-state index is 0.349. The maximum absolute atomic E-state index is 10.5. The van der Waals surface area contributed by atoms with Gasteiger partial charge in [-0.3, -0.25) is 0 Å². The highest BCUT2D eigenvalue weighted by Crippen LogP contribution is 2.71. The SMILES string of the molecule is CC1CCN(C[C@H](O)COc2ccc(C34CC5CC3CC(c3ccccc3)(C5)C4)cc2)CC1. The summed E-state index contributed by atoms with van der Waals surface area (Å²) < 4.78 is 6.00. The Kier molecular flexibility index (Phi) is 5.54. The van der Waals surface area contributed by atoms with Gasteiger partial charge in [0.1, 0.15) is 18.5 Å². The molecule has 1 N–H and O–H groups in total. The van der Waals surface area contributed by atoms with E-state index in [4.69, 9.17) is 4.74 Å². The van der Waals surface area contributed by atoms with Crippen LogP contribution in [0.5, 0.6) is 5.75 Å². The van der Waals surface area contributed by atoms with Crippen LogP contribution in [0.25, 0.3) is 0 Å². The third kappa shape index (κ3) is 3.91. The maximum Gasteiger partial charge on any atom is 0.119 e. The molecular formula is C30H39NO2. The van der Waals surface area contributed by atoms with Crippen LogP contribution in [-0.2, 0) is 10.8 Å². The highest BCUT2D eigenvalue weighted by Gasteiger charge is 2.64. The number of aliphatic hydroxyl groups excluding tert-OH is 1.